The van der Waals surface area contributed by atoms with E-state index in [-0.39, 0.29) is 11.9 Å². The molecule has 1 heterocycles. The van der Waals surface area contributed by atoms with Crippen molar-refractivity contribution in [2.75, 3.05) is 29.9 Å². The number of hydrogen-bond acceptors (Lipinski definition) is 2. The largest absolute Gasteiger partial charge is 0.372 e. The Labute approximate surface area is 143 Å². The van der Waals surface area contributed by atoms with Crippen molar-refractivity contribution in [3.63, 3.8) is 0 Å². The fourth-order valence-electron chi connectivity index (χ4n) is 3.12. The number of benzene rings is 2. The summed E-state index contributed by atoms with van der Waals surface area (Å²) < 4.78 is 0. The number of quaternary nitrogens is 1. The highest BCUT2D eigenvalue weighted by molar-refractivity contribution is 5.91. The lowest BCUT2D eigenvalue weighted by molar-refractivity contribution is -0.682. The van der Waals surface area contributed by atoms with E-state index < -0.39 is 0 Å². The minimum absolute atomic E-state index is 0.0340. The van der Waals surface area contributed by atoms with Crippen LogP contribution in [0.25, 0.3) is 0 Å². The zero-order valence-corrected chi connectivity index (χ0v) is 14.2. The minimum atomic E-state index is 0.0340. The second-order valence-corrected chi connectivity index (χ2v) is 6.43. The summed E-state index contributed by atoms with van der Waals surface area (Å²) in [5, 5.41) is 5.04. The zero-order valence-electron chi connectivity index (χ0n) is 14.2. The smallest absolute Gasteiger partial charge is 0.279 e. The Morgan fingerprint density at radius 3 is 2.42 bits per heavy atom. The summed E-state index contributed by atoms with van der Waals surface area (Å²) in [5.41, 5.74) is 3.35. The number of amides is 1. The van der Waals surface area contributed by atoms with Crippen molar-refractivity contribution in [1.82, 2.24) is 0 Å². The predicted octanol–water partition coefficient (Wildman–Crippen LogP) is 2.55. The van der Waals surface area contributed by atoms with Crippen molar-refractivity contribution < 1.29 is 10.1 Å². The van der Waals surface area contributed by atoms with Crippen molar-refractivity contribution >= 4 is 17.3 Å². The molecule has 0 bridgehead atoms. The molecule has 126 valence electrons. The quantitative estimate of drug-likeness (QED) is 0.858. The zero-order chi connectivity index (χ0) is 16.8. The van der Waals surface area contributed by atoms with Crippen LogP contribution in [-0.4, -0.2) is 25.5 Å². The Morgan fingerprint density at radius 1 is 1.08 bits per heavy atom. The lowest BCUT2D eigenvalue weighted by atomic mass is 10.1. The number of carbonyl (C=O) groups excluding carboxylic acids is 1. The van der Waals surface area contributed by atoms with E-state index in [1.54, 1.807) is 0 Å². The maximum atomic E-state index is 12.1. The third kappa shape index (κ3) is 4.36. The molecule has 1 atom stereocenters. The van der Waals surface area contributed by atoms with Gasteiger partial charge in [-0.15, -0.1) is 0 Å². The maximum absolute atomic E-state index is 12.1. The summed E-state index contributed by atoms with van der Waals surface area (Å²) in [5.74, 6) is 0.0340. The lowest BCUT2D eigenvalue weighted by Gasteiger charge is -2.17. The number of anilines is 2. The van der Waals surface area contributed by atoms with E-state index >= 15 is 0 Å². The molecule has 24 heavy (non-hydrogen) atoms. The van der Waals surface area contributed by atoms with Gasteiger partial charge >= 0.3 is 0 Å². The van der Waals surface area contributed by atoms with E-state index in [1.165, 1.54) is 24.1 Å². The van der Waals surface area contributed by atoms with E-state index in [0.29, 0.717) is 6.54 Å². The average molecular weight is 324 g/mol. The van der Waals surface area contributed by atoms with Gasteiger partial charge in [-0.3, -0.25) is 4.79 Å². The van der Waals surface area contributed by atoms with Gasteiger partial charge in [0.25, 0.3) is 5.91 Å². The SMILES string of the molecule is C[C@H]([NH2+]CC(=O)Nc1ccc(N2CCCC2)cc1)c1ccccc1. The van der Waals surface area contributed by atoms with Gasteiger partial charge in [-0.2, -0.15) is 0 Å². The summed E-state index contributed by atoms with van der Waals surface area (Å²) in [6.45, 7) is 4.81. The molecule has 1 amide bonds. The molecule has 0 saturated carbocycles. The van der Waals surface area contributed by atoms with Crippen LogP contribution >= 0.6 is 0 Å². The van der Waals surface area contributed by atoms with Gasteiger partial charge in [-0.25, -0.2) is 0 Å². The van der Waals surface area contributed by atoms with E-state index in [0.717, 1.165) is 18.8 Å². The topological polar surface area (TPSA) is 49.0 Å². The van der Waals surface area contributed by atoms with Crippen LogP contribution in [0.1, 0.15) is 31.4 Å². The molecule has 3 rings (SSSR count). The van der Waals surface area contributed by atoms with Gasteiger partial charge < -0.3 is 15.5 Å². The Kier molecular flexibility index (Phi) is 5.49. The molecular weight excluding hydrogens is 298 g/mol. The van der Waals surface area contributed by atoms with Gasteiger partial charge in [0, 0.05) is 30.0 Å². The van der Waals surface area contributed by atoms with Crippen molar-refractivity contribution in [2.45, 2.75) is 25.8 Å². The molecule has 4 nitrogen and oxygen atoms in total. The Balaban J connectivity index is 1.48. The van der Waals surface area contributed by atoms with Crippen LogP contribution < -0.4 is 15.5 Å². The van der Waals surface area contributed by atoms with Crippen LogP contribution in [-0.2, 0) is 4.79 Å². The average Bonchev–Trinajstić information content (AvgIpc) is 3.16. The number of rotatable bonds is 6. The first-order valence-electron chi connectivity index (χ1n) is 8.75. The third-order valence-electron chi connectivity index (χ3n) is 4.60. The first-order chi connectivity index (χ1) is 11.7. The molecule has 1 aliphatic rings. The Morgan fingerprint density at radius 2 is 1.75 bits per heavy atom. The molecule has 1 saturated heterocycles. The van der Waals surface area contributed by atoms with Gasteiger partial charge in [0.15, 0.2) is 6.54 Å². The lowest BCUT2D eigenvalue weighted by Crippen LogP contribution is -2.86. The molecule has 0 aliphatic carbocycles. The highest BCUT2D eigenvalue weighted by Gasteiger charge is 2.13. The third-order valence-corrected chi connectivity index (χ3v) is 4.60. The molecule has 2 aromatic rings. The predicted molar refractivity (Wildman–Crippen MR) is 98.2 cm³/mol. The molecule has 0 spiro atoms. The molecule has 2 aromatic carbocycles. The van der Waals surface area contributed by atoms with E-state index in [4.69, 9.17) is 0 Å². The first kappa shape index (κ1) is 16.5. The van der Waals surface area contributed by atoms with Crippen LogP contribution in [0.4, 0.5) is 11.4 Å². The van der Waals surface area contributed by atoms with Gasteiger partial charge in [0.05, 0.1) is 0 Å². The van der Waals surface area contributed by atoms with Crippen LogP contribution in [0, 0.1) is 0 Å². The number of carbonyl (C=O) groups is 1. The van der Waals surface area contributed by atoms with Gasteiger partial charge in [0.1, 0.15) is 6.04 Å². The van der Waals surface area contributed by atoms with E-state index in [9.17, 15) is 4.79 Å². The van der Waals surface area contributed by atoms with Crippen LogP contribution in [0.3, 0.4) is 0 Å². The fraction of sp³-hybridized carbons (Fsp3) is 0.350. The molecule has 0 radical (unpaired) electrons. The molecule has 0 unspecified atom stereocenters. The fourth-order valence-corrected chi connectivity index (χ4v) is 3.12. The van der Waals surface area contributed by atoms with Gasteiger partial charge in [-0.05, 0) is 44.0 Å². The molecular formula is C20H26N3O+. The Hall–Kier alpha value is -2.33. The minimum Gasteiger partial charge on any atom is -0.372 e. The molecule has 4 heteroatoms. The standard InChI is InChI=1S/C20H25N3O/c1-16(17-7-3-2-4-8-17)21-15-20(24)22-18-9-11-19(12-10-18)23-13-5-6-14-23/h2-4,7-12,16,21H,5-6,13-15H2,1H3,(H,22,24)/p+1/t16-/m0/s1. The highest BCUT2D eigenvalue weighted by atomic mass is 16.1. The second-order valence-electron chi connectivity index (χ2n) is 6.43. The van der Waals surface area contributed by atoms with Crippen molar-refractivity contribution in [1.29, 1.82) is 0 Å². The molecule has 1 fully saturated rings. The van der Waals surface area contributed by atoms with Gasteiger partial charge in [0.2, 0.25) is 0 Å². The Bertz CT molecular complexity index is 648. The first-order valence-corrected chi connectivity index (χ1v) is 8.75. The van der Waals surface area contributed by atoms with E-state index in [1.807, 2.05) is 30.3 Å². The summed E-state index contributed by atoms with van der Waals surface area (Å²) in [6.07, 6.45) is 2.54. The summed E-state index contributed by atoms with van der Waals surface area (Å²) >= 11 is 0. The van der Waals surface area contributed by atoms with Crippen LogP contribution in [0.15, 0.2) is 54.6 Å². The maximum Gasteiger partial charge on any atom is 0.279 e. The van der Waals surface area contributed by atoms with Crippen molar-refractivity contribution in [3.05, 3.63) is 60.2 Å². The second kappa shape index (κ2) is 7.97. The number of nitrogens with two attached hydrogens (primary N) is 1. The molecule has 0 aromatic heterocycles. The van der Waals surface area contributed by atoms with Crippen molar-refractivity contribution in [2.24, 2.45) is 0 Å². The normalized spacial score (nSPS) is 15.3. The molecule has 3 N–H and O–H groups in total. The number of hydrogen-bond donors (Lipinski definition) is 2. The van der Waals surface area contributed by atoms with Crippen LogP contribution in [0.5, 0.6) is 0 Å². The highest BCUT2D eigenvalue weighted by Crippen LogP contribution is 2.21. The van der Waals surface area contributed by atoms with Gasteiger partial charge in [-0.1, -0.05) is 30.3 Å². The summed E-state index contributed by atoms with van der Waals surface area (Å²) in [6, 6.07) is 18.7. The summed E-state index contributed by atoms with van der Waals surface area (Å²) in [7, 11) is 0. The number of nitrogens with one attached hydrogen (secondary N) is 1. The summed E-state index contributed by atoms with van der Waals surface area (Å²) in [4.78, 5) is 14.5. The monoisotopic (exact) mass is 324 g/mol. The number of nitrogens with zero attached hydrogens (tertiary/aromatic N) is 1. The van der Waals surface area contributed by atoms with E-state index in [2.05, 4.69) is 46.7 Å². The molecule has 1 aliphatic heterocycles. The van der Waals surface area contributed by atoms with Crippen LogP contribution in [0.2, 0.25) is 0 Å². The van der Waals surface area contributed by atoms with Crippen molar-refractivity contribution in [3.8, 4) is 0 Å².